The molecule has 4 heteroatoms. The van der Waals surface area contributed by atoms with Gasteiger partial charge in [0.05, 0.1) is 17.6 Å². The molecule has 0 bridgehead atoms. The molecule has 3 rings (SSSR count). The zero-order valence-corrected chi connectivity index (χ0v) is 13.7. The summed E-state index contributed by atoms with van der Waals surface area (Å²) < 4.78 is 9.92. The van der Waals surface area contributed by atoms with Crippen molar-refractivity contribution in [1.82, 2.24) is 9.13 Å². The van der Waals surface area contributed by atoms with E-state index in [1.165, 1.54) is 5.56 Å². The van der Waals surface area contributed by atoms with Crippen molar-refractivity contribution in [1.29, 1.82) is 5.41 Å². The largest absolute Gasteiger partial charge is 0.492 e. The number of nitrogens with zero attached hydrogens (tertiary/aromatic N) is 2. The number of ether oxygens (including phenoxy) is 1. The summed E-state index contributed by atoms with van der Waals surface area (Å²) in [4.78, 5) is 0. The Labute approximate surface area is 136 Å². The normalized spacial score (nSPS) is 11.0. The maximum absolute atomic E-state index is 8.46. The van der Waals surface area contributed by atoms with Crippen molar-refractivity contribution in [3.05, 3.63) is 59.7 Å². The lowest BCUT2D eigenvalue weighted by Crippen LogP contribution is -2.26. The standard InChI is InChI=1S/C19H23N3O/c1-3-12-21-17-6-4-5-7-18(17)22(19(21)20)13-14-23-16-10-8-15(2)9-11-16/h4-11,20H,3,12-14H2,1-2H3. The molecular formula is C19H23N3O. The number of nitrogens with one attached hydrogen (secondary N) is 1. The summed E-state index contributed by atoms with van der Waals surface area (Å²) in [5.41, 5.74) is 3.98. The molecule has 2 aromatic carbocycles. The first kappa shape index (κ1) is 15.4. The molecule has 0 saturated heterocycles. The minimum atomic E-state index is 0.542. The van der Waals surface area contributed by atoms with Gasteiger partial charge < -0.3 is 13.9 Å². The van der Waals surface area contributed by atoms with Gasteiger partial charge in [0.1, 0.15) is 12.4 Å². The molecule has 120 valence electrons. The van der Waals surface area contributed by atoms with Crippen LogP contribution in [-0.4, -0.2) is 15.7 Å². The van der Waals surface area contributed by atoms with Gasteiger partial charge in [-0.25, -0.2) is 0 Å². The van der Waals surface area contributed by atoms with E-state index in [9.17, 15) is 0 Å². The fourth-order valence-corrected chi connectivity index (χ4v) is 2.86. The SMILES string of the molecule is CCCn1c(=N)n(CCOc2ccc(C)cc2)c2ccccc21. The van der Waals surface area contributed by atoms with E-state index in [0.29, 0.717) is 18.8 Å². The Kier molecular flexibility index (Phi) is 4.51. The predicted octanol–water partition coefficient (Wildman–Crippen LogP) is 3.72. The van der Waals surface area contributed by atoms with Crippen molar-refractivity contribution in [2.24, 2.45) is 0 Å². The highest BCUT2D eigenvalue weighted by molar-refractivity contribution is 5.75. The topological polar surface area (TPSA) is 42.9 Å². The monoisotopic (exact) mass is 309 g/mol. The molecule has 0 aliphatic carbocycles. The van der Waals surface area contributed by atoms with Crippen LogP contribution in [-0.2, 0) is 13.1 Å². The van der Waals surface area contributed by atoms with Crippen molar-refractivity contribution >= 4 is 11.0 Å². The van der Waals surface area contributed by atoms with Crippen molar-refractivity contribution in [2.45, 2.75) is 33.4 Å². The van der Waals surface area contributed by atoms with Crippen LogP contribution in [0.5, 0.6) is 5.75 Å². The minimum Gasteiger partial charge on any atom is -0.492 e. The minimum absolute atomic E-state index is 0.542. The highest BCUT2D eigenvalue weighted by Crippen LogP contribution is 2.14. The molecule has 0 amide bonds. The second-order valence-corrected chi connectivity index (χ2v) is 5.78. The average molecular weight is 309 g/mol. The molecule has 0 saturated carbocycles. The van der Waals surface area contributed by atoms with E-state index in [0.717, 1.165) is 29.7 Å². The number of fused-ring (bicyclic) bond motifs is 1. The van der Waals surface area contributed by atoms with Crippen LogP contribution in [0.3, 0.4) is 0 Å². The molecule has 23 heavy (non-hydrogen) atoms. The zero-order chi connectivity index (χ0) is 16.2. The molecule has 0 atom stereocenters. The van der Waals surface area contributed by atoms with Crippen LogP contribution in [0.25, 0.3) is 11.0 Å². The summed E-state index contributed by atoms with van der Waals surface area (Å²) >= 11 is 0. The van der Waals surface area contributed by atoms with Crippen LogP contribution in [0.4, 0.5) is 0 Å². The number of hydrogen-bond acceptors (Lipinski definition) is 2. The molecule has 0 aliphatic heterocycles. The molecule has 1 N–H and O–H groups in total. The second-order valence-electron chi connectivity index (χ2n) is 5.78. The summed E-state index contributed by atoms with van der Waals surface area (Å²) in [6, 6.07) is 16.3. The Balaban J connectivity index is 1.81. The van der Waals surface area contributed by atoms with Gasteiger partial charge in [0.15, 0.2) is 0 Å². The van der Waals surface area contributed by atoms with Gasteiger partial charge >= 0.3 is 0 Å². The molecule has 3 aromatic rings. The summed E-state index contributed by atoms with van der Waals surface area (Å²) in [6.07, 6.45) is 1.02. The lowest BCUT2D eigenvalue weighted by atomic mass is 10.2. The van der Waals surface area contributed by atoms with Gasteiger partial charge in [-0.1, -0.05) is 36.8 Å². The second kappa shape index (κ2) is 6.73. The molecule has 0 aliphatic rings. The van der Waals surface area contributed by atoms with Gasteiger partial charge in [0.2, 0.25) is 5.62 Å². The quantitative estimate of drug-likeness (QED) is 0.741. The Morgan fingerprint density at radius 3 is 2.13 bits per heavy atom. The van der Waals surface area contributed by atoms with E-state index in [4.69, 9.17) is 10.1 Å². The third-order valence-corrected chi connectivity index (χ3v) is 4.03. The van der Waals surface area contributed by atoms with Crippen molar-refractivity contribution < 1.29 is 4.74 Å². The first-order valence-corrected chi connectivity index (χ1v) is 8.13. The summed E-state index contributed by atoms with van der Waals surface area (Å²) in [7, 11) is 0. The predicted molar refractivity (Wildman–Crippen MR) is 92.7 cm³/mol. The fourth-order valence-electron chi connectivity index (χ4n) is 2.86. The number of rotatable bonds is 6. The smallest absolute Gasteiger partial charge is 0.203 e. The Hall–Kier alpha value is -2.49. The molecule has 1 heterocycles. The fraction of sp³-hybridized carbons (Fsp3) is 0.316. The van der Waals surface area contributed by atoms with E-state index in [-0.39, 0.29) is 0 Å². The molecule has 0 fully saturated rings. The maximum atomic E-state index is 8.46. The van der Waals surface area contributed by atoms with Crippen LogP contribution < -0.4 is 10.4 Å². The first-order chi connectivity index (χ1) is 11.2. The molecule has 0 spiro atoms. The van der Waals surface area contributed by atoms with E-state index in [1.807, 2.05) is 41.0 Å². The third-order valence-electron chi connectivity index (χ3n) is 4.03. The van der Waals surface area contributed by atoms with Crippen LogP contribution in [0, 0.1) is 12.3 Å². The van der Waals surface area contributed by atoms with Crippen LogP contribution in [0.2, 0.25) is 0 Å². The Morgan fingerprint density at radius 1 is 0.913 bits per heavy atom. The molecule has 0 radical (unpaired) electrons. The molecule has 1 aromatic heterocycles. The number of aromatic nitrogens is 2. The number of hydrogen-bond donors (Lipinski definition) is 1. The first-order valence-electron chi connectivity index (χ1n) is 8.13. The number of para-hydroxylation sites is 2. The zero-order valence-electron chi connectivity index (χ0n) is 13.7. The number of benzene rings is 2. The van der Waals surface area contributed by atoms with Gasteiger partial charge in [0, 0.05) is 6.54 Å². The number of aryl methyl sites for hydroxylation is 2. The molecule has 4 nitrogen and oxygen atoms in total. The Morgan fingerprint density at radius 2 is 1.52 bits per heavy atom. The summed E-state index contributed by atoms with van der Waals surface area (Å²) in [5, 5.41) is 8.46. The maximum Gasteiger partial charge on any atom is 0.203 e. The highest BCUT2D eigenvalue weighted by Gasteiger charge is 2.09. The Bertz CT molecular complexity index is 843. The highest BCUT2D eigenvalue weighted by atomic mass is 16.5. The van der Waals surface area contributed by atoms with Crippen molar-refractivity contribution in [2.75, 3.05) is 6.61 Å². The molecule has 0 unspecified atom stereocenters. The molecular weight excluding hydrogens is 286 g/mol. The lowest BCUT2D eigenvalue weighted by Gasteiger charge is -2.08. The van der Waals surface area contributed by atoms with E-state index >= 15 is 0 Å². The van der Waals surface area contributed by atoms with Gasteiger partial charge in [-0.05, 0) is 37.6 Å². The summed E-state index contributed by atoms with van der Waals surface area (Å²) in [5.74, 6) is 0.875. The van der Waals surface area contributed by atoms with Gasteiger partial charge in [-0.15, -0.1) is 0 Å². The lowest BCUT2D eigenvalue weighted by molar-refractivity contribution is 0.296. The van der Waals surface area contributed by atoms with E-state index < -0.39 is 0 Å². The van der Waals surface area contributed by atoms with Gasteiger partial charge in [-0.3, -0.25) is 5.41 Å². The third kappa shape index (κ3) is 3.16. The van der Waals surface area contributed by atoms with E-state index in [2.05, 4.69) is 30.5 Å². The summed E-state index contributed by atoms with van der Waals surface area (Å²) in [6.45, 7) is 6.29. The van der Waals surface area contributed by atoms with Crippen molar-refractivity contribution in [3.8, 4) is 5.75 Å². The van der Waals surface area contributed by atoms with Gasteiger partial charge in [-0.2, -0.15) is 0 Å². The van der Waals surface area contributed by atoms with Crippen LogP contribution in [0.15, 0.2) is 48.5 Å². The van der Waals surface area contributed by atoms with Crippen LogP contribution >= 0.6 is 0 Å². The number of imidazole rings is 1. The van der Waals surface area contributed by atoms with Gasteiger partial charge in [0.25, 0.3) is 0 Å². The van der Waals surface area contributed by atoms with E-state index in [1.54, 1.807) is 0 Å². The average Bonchev–Trinajstić information content (AvgIpc) is 2.83. The van der Waals surface area contributed by atoms with Crippen molar-refractivity contribution in [3.63, 3.8) is 0 Å². The van der Waals surface area contributed by atoms with Crippen LogP contribution in [0.1, 0.15) is 18.9 Å².